The van der Waals surface area contributed by atoms with E-state index in [1.54, 1.807) is 7.11 Å². The maximum Gasteiger partial charge on any atom is 0.247 e. The van der Waals surface area contributed by atoms with Crippen molar-refractivity contribution in [3.63, 3.8) is 0 Å². The number of carbonyl (C=O) groups excluding carboxylic acids is 1. The van der Waals surface area contributed by atoms with E-state index in [9.17, 15) is 4.79 Å². The first kappa shape index (κ1) is 15.6. The number of anilines is 2. The highest BCUT2D eigenvalue weighted by atomic mass is 16.5. The molecule has 0 saturated heterocycles. The molecule has 0 radical (unpaired) electrons. The molecule has 1 aromatic rings. The number of fused-ring (bicyclic) bond motifs is 1. The number of benzene rings is 1. The number of amides is 1. The van der Waals surface area contributed by atoms with Crippen molar-refractivity contribution in [3.05, 3.63) is 24.3 Å². The maximum absolute atomic E-state index is 12.8. The third kappa shape index (κ3) is 3.67. The smallest absolute Gasteiger partial charge is 0.247 e. The SMILES string of the molecule is CCC(C)N(CCOC)C(=O)C1CNc2ccccc2N1. The minimum atomic E-state index is -0.231. The quantitative estimate of drug-likeness (QED) is 0.843. The average molecular weight is 291 g/mol. The van der Waals surface area contributed by atoms with Gasteiger partial charge in [-0.15, -0.1) is 0 Å². The standard InChI is InChI=1S/C16H25N3O2/c1-4-12(2)19(9-10-21-3)16(20)15-11-17-13-7-5-6-8-14(13)18-15/h5-8,12,15,17-18H,4,9-11H2,1-3H3. The lowest BCUT2D eigenvalue weighted by Gasteiger charge is -2.35. The predicted molar refractivity (Wildman–Crippen MR) is 85.7 cm³/mol. The van der Waals surface area contributed by atoms with Crippen LogP contribution in [0.2, 0.25) is 0 Å². The molecule has 0 bridgehead atoms. The number of para-hydroxylation sites is 2. The zero-order valence-corrected chi connectivity index (χ0v) is 13.1. The number of hydrogen-bond acceptors (Lipinski definition) is 4. The summed E-state index contributed by atoms with van der Waals surface area (Å²) in [6.07, 6.45) is 0.937. The molecule has 1 aliphatic rings. The van der Waals surface area contributed by atoms with Crippen LogP contribution in [0.1, 0.15) is 20.3 Å². The molecule has 0 aliphatic carbocycles. The highest BCUT2D eigenvalue weighted by Gasteiger charge is 2.29. The Morgan fingerprint density at radius 1 is 1.43 bits per heavy atom. The fraction of sp³-hybridized carbons (Fsp3) is 0.562. The summed E-state index contributed by atoms with van der Waals surface area (Å²) in [5.74, 6) is 0.128. The Labute approximate surface area is 126 Å². The van der Waals surface area contributed by atoms with Crippen LogP contribution in [-0.2, 0) is 9.53 Å². The second-order valence-corrected chi connectivity index (χ2v) is 5.41. The van der Waals surface area contributed by atoms with E-state index in [0.29, 0.717) is 19.7 Å². The molecule has 1 aliphatic heterocycles. The van der Waals surface area contributed by atoms with E-state index >= 15 is 0 Å². The van der Waals surface area contributed by atoms with E-state index in [1.165, 1.54) is 0 Å². The van der Waals surface area contributed by atoms with E-state index < -0.39 is 0 Å². The molecule has 0 fully saturated rings. The van der Waals surface area contributed by atoms with Gasteiger partial charge in [-0.1, -0.05) is 19.1 Å². The van der Waals surface area contributed by atoms with Crippen LogP contribution in [-0.4, -0.2) is 49.7 Å². The number of nitrogens with one attached hydrogen (secondary N) is 2. The van der Waals surface area contributed by atoms with Crippen molar-refractivity contribution in [2.45, 2.75) is 32.4 Å². The molecular weight excluding hydrogens is 266 g/mol. The molecule has 0 aromatic heterocycles. The number of methoxy groups -OCH3 is 1. The summed E-state index contributed by atoms with van der Waals surface area (Å²) in [7, 11) is 1.66. The number of hydrogen-bond donors (Lipinski definition) is 2. The van der Waals surface area contributed by atoms with Crippen molar-refractivity contribution in [1.82, 2.24) is 4.90 Å². The first-order valence-corrected chi connectivity index (χ1v) is 7.56. The normalized spacial score (nSPS) is 18.1. The molecule has 2 atom stereocenters. The van der Waals surface area contributed by atoms with E-state index in [1.807, 2.05) is 29.2 Å². The summed E-state index contributed by atoms with van der Waals surface area (Å²) in [4.78, 5) is 14.7. The molecule has 0 saturated carbocycles. The lowest BCUT2D eigenvalue weighted by molar-refractivity contribution is -0.134. The Balaban J connectivity index is 2.07. The zero-order valence-electron chi connectivity index (χ0n) is 13.1. The summed E-state index contributed by atoms with van der Waals surface area (Å²) in [5.41, 5.74) is 2.03. The molecule has 2 rings (SSSR count). The molecule has 2 N–H and O–H groups in total. The summed E-state index contributed by atoms with van der Waals surface area (Å²) in [6.45, 7) is 5.98. The first-order valence-electron chi connectivity index (χ1n) is 7.56. The third-order valence-electron chi connectivity index (χ3n) is 3.99. The Morgan fingerprint density at radius 2 is 2.14 bits per heavy atom. The van der Waals surface area contributed by atoms with Crippen molar-refractivity contribution in [1.29, 1.82) is 0 Å². The first-order chi connectivity index (χ1) is 10.2. The van der Waals surface area contributed by atoms with Crippen LogP contribution < -0.4 is 10.6 Å². The van der Waals surface area contributed by atoms with Gasteiger partial charge in [0.1, 0.15) is 6.04 Å². The molecule has 0 spiro atoms. The molecule has 2 unspecified atom stereocenters. The molecular formula is C16H25N3O2. The van der Waals surface area contributed by atoms with Gasteiger partial charge in [0.25, 0.3) is 0 Å². The number of ether oxygens (including phenoxy) is 1. The van der Waals surface area contributed by atoms with Gasteiger partial charge in [0, 0.05) is 26.2 Å². The van der Waals surface area contributed by atoms with Gasteiger partial charge >= 0.3 is 0 Å². The van der Waals surface area contributed by atoms with E-state index in [2.05, 4.69) is 24.5 Å². The highest BCUT2D eigenvalue weighted by molar-refractivity contribution is 5.88. The zero-order chi connectivity index (χ0) is 15.2. The van der Waals surface area contributed by atoms with Crippen molar-refractivity contribution in [2.24, 2.45) is 0 Å². The molecule has 116 valence electrons. The summed E-state index contributed by atoms with van der Waals surface area (Å²) < 4.78 is 5.13. The van der Waals surface area contributed by atoms with Crippen molar-refractivity contribution < 1.29 is 9.53 Å². The van der Waals surface area contributed by atoms with Crippen LogP contribution in [0.3, 0.4) is 0 Å². The van der Waals surface area contributed by atoms with Crippen LogP contribution in [0.5, 0.6) is 0 Å². The summed E-state index contributed by atoms with van der Waals surface area (Å²) in [5, 5.41) is 6.66. The topological polar surface area (TPSA) is 53.6 Å². The Bertz CT molecular complexity index is 478. The minimum Gasteiger partial charge on any atom is -0.383 e. The van der Waals surface area contributed by atoms with E-state index in [4.69, 9.17) is 4.74 Å². The molecule has 5 heteroatoms. The Morgan fingerprint density at radius 3 is 2.81 bits per heavy atom. The van der Waals surface area contributed by atoms with E-state index in [-0.39, 0.29) is 18.0 Å². The molecule has 1 amide bonds. The van der Waals surface area contributed by atoms with Crippen LogP contribution in [0.4, 0.5) is 11.4 Å². The highest BCUT2D eigenvalue weighted by Crippen LogP contribution is 2.26. The van der Waals surface area contributed by atoms with Crippen LogP contribution in [0.25, 0.3) is 0 Å². The summed E-state index contributed by atoms with van der Waals surface area (Å²) >= 11 is 0. The Kier molecular flexibility index (Phi) is 5.44. The predicted octanol–water partition coefficient (Wildman–Crippen LogP) is 2.17. The molecule has 5 nitrogen and oxygen atoms in total. The van der Waals surface area contributed by atoms with Gasteiger partial charge in [0.2, 0.25) is 5.91 Å². The minimum absolute atomic E-state index is 0.128. The lowest BCUT2D eigenvalue weighted by Crippen LogP contribution is -2.51. The average Bonchev–Trinajstić information content (AvgIpc) is 2.54. The fourth-order valence-corrected chi connectivity index (χ4v) is 2.52. The maximum atomic E-state index is 12.8. The molecule has 1 heterocycles. The molecule has 21 heavy (non-hydrogen) atoms. The van der Waals surface area contributed by atoms with Gasteiger partial charge < -0.3 is 20.3 Å². The number of nitrogens with zero attached hydrogens (tertiary/aromatic N) is 1. The largest absolute Gasteiger partial charge is 0.383 e. The van der Waals surface area contributed by atoms with Gasteiger partial charge in [-0.2, -0.15) is 0 Å². The summed E-state index contributed by atoms with van der Waals surface area (Å²) in [6, 6.07) is 7.94. The van der Waals surface area contributed by atoms with Gasteiger partial charge in [-0.3, -0.25) is 4.79 Å². The number of carbonyl (C=O) groups is 1. The van der Waals surface area contributed by atoms with Crippen molar-refractivity contribution >= 4 is 17.3 Å². The third-order valence-corrected chi connectivity index (χ3v) is 3.99. The number of rotatable bonds is 6. The Hall–Kier alpha value is -1.75. The van der Waals surface area contributed by atoms with E-state index in [0.717, 1.165) is 17.8 Å². The monoisotopic (exact) mass is 291 g/mol. The van der Waals surface area contributed by atoms with Gasteiger partial charge in [0.05, 0.1) is 18.0 Å². The van der Waals surface area contributed by atoms with Crippen LogP contribution in [0, 0.1) is 0 Å². The van der Waals surface area contributed by atoms with Gasteiger partial charge in [-0.05, 0) is 25.5 Å². The van der Waals surface area contributed by atoms with Crippen LogP contribution in [0.15, 0.2) is 24.3 Å². The van der Waals surface area contributed by atoms with Gasteiger partial charge in [0.15, 0.2) is 0 Å². The second-order valence-electron chi connectivity index (χ2n) is 5.41. The van der Waals surface area contributed by atoms with Crippen molar-refractivity contribution in [2.75, 3.05) is 37.4 Å². The lowest BCUT2D eigenvalue weighted by atomic mass is 10.1. The van der Waals surface area contributed by atoms with Crippen molar-refractivity contribution in [3.8, 4) is 0 Å². The van der Waals surface area contributed by atoms with Gasteiger partial charge in [-0.25, -0.2) is 0 Å². The molecule has 1 aromatic carbocycles. The fourth-order valence-electron chi connectivity index (χ4n) is 2.52. The second kappa shape index (κ2) is 7.31. The van der Waals surface area contributed by atoms with Crippen LogP contribution >= 0.6 is 0 Å².